The number of hydrogen-bond acceptors (Lipinski definition) is 3. The lowest BCUT2D eigenvalue weighted by Crippen LogP contribution is -2.45. The number of amides is 2. The van der Waals surface area contributed by atoms with Crippen LogP contribution in [0.25, 0.3) is 0 Å². The number of ether oxygens (including phenoxy) is 1. The van der Waals surface area contributed by atoms with Gasteiger partial charge < -0.3 is 19.9 Å². The van der Waals surface area contributed by atoms with Crippen LogP contribution in [0.2, 0.25) is 0 Å². The van der Waals surface area contributed by atoms with Crippen molar-refractivity contribution in [3.05, 3.63) is 30.3 Å². The molecule has 0 saturated carbocycles. The summed E-state index contributed by atoms with van der Waals surface area (Å²) in [5.41, 5.74) is 0. The summed E-state index contributed by atoms with van der Waals surface area (Å²) in [6, 6.07) is 10.6. The van der Waals surface area contributed by atoms with Crippen LogP contribution in [0.1, 0.15) is 39.5 Å². The Labute approximate surface area is 158 Å². The van der Waals surface area contributed by atoms with Gasteiger partial charge in [-0.05, 0) is 71.2 Å². The number of urea groups is 1. The molecule has 1 aliphatic heterocycles. The van der Waals surface area contributed by atoms with Crippen LogP contribution in [0, 0.1) is 5.92 Å². The average molecular weight is 362 g/mol. The quantitative estimate of drug-likeness (QED) is 0.684. The van der Waals surface area contributed by atoms with Crippen molar-refractivity contribution in [1.82, 2.24) is 15.1 Å². The summed E-state index contributed by atoms with van der Waals surface area (Å²) in [5.74, 6) is 1.46. The highest BCUT2D eigenvalue weighted by Gasteiger charge is 2.22. The van der Waals surface area contributed by atoms with Gasteiger partial charge in [-0.15, -0.1) is 0 Å². The zero-order valence-electron chi connectivity index (χ0n) is 16.6. The van der Waals surface area contributed by atoms with Gasteiger partial charge in [0.25, 0.3) is 0 Å². The summed E-state index contributed by atoms with van der Waals surface area (Å²) in [6.45, 7) is 8.65. The Bertz CT molecular complexity index is 513. The second kappa shape index (κ2) is 11.1. The number of carbonyl (C=O) groups is 1. The number of rotatable bonds is 9. The predicted molar refractivity (Wildman–Crippen MR) is 107 cm³/mol. The number of unbranched alkanes of at least 4 members (excludes halogenated alkanes) is 1. The summed E-state index contributed by atoms with van der Waals surface area (Å²) in [5, 5.41) is 3.07. The van der Waals surface area contributed by atoms with E-state index in [1.807, 2.05) is 35.2 Å². The van der Waals surface area contributed by atoms with E-state index in [4.69, 9.17) is 4.74 Å². The van der Waals surface area contributed by atoms with Crippen LogP contribution < -0.4 is 10.1 Å². The number of carbonyl (C=O) groups excluding carboxylic acids is 1. The van der Waals surface area contributed by atoms with E-state index < -0.39 is 0 Å². The molecular formula is C21H35N3O2. The third-order valence-electron chi connectivity index (χ3n) is 5.23. The summed E-state index contributed by atoms with van der Waals surface area (Å²) < 4.78 is 5.85. The van der Waals surface area contributed by atoms with Gasteiger partial charge >= 0.3 is 6.03 Å². The Morgan fingerprint density at radius 3 is 2.58 bits per heavy atom. The standard InChI is InChI=1S/C21H35N3O2/c1-18(2)23(3)14-8-7-13-22-21(25)24-15-11-19(12-16-24)17-26-20-9-5-4-6-10-20/h4-6,9-10,18-19H,7-8,11-17H2,1-3H3,(H,22,25). The molecule has 0 atom stereocenters. The van der Waals surface area contributed by atoms with Crippen LogP contribution in [-0.2, 0) is 0 Å². The van der Waals surface area contributed by atoms with Gasteiger partial charge in [0.15, 0.2) is 0 Å². The molecule has 0 unspecified atom stereocenters. The Morgan fingerprint density at radius 1 is 1.23 bits per heavy atom. The lowest BCUT2D eigenvalue weighted by molar-refractivity contribution is 0.145. The third-order valence-corrected chi connectivity index (χ3v) is 5.23. The first-order valence-electron chi connectivity index (χ1n) is 9.97. The molecule has 5 nitrogen and oxygen atoms in total. The number of benzene rings is 1. The van der Waals surface area contributed by atoms with Crippen molar-refractivity contribution in [2.24, 2.45) is 5.92 Å². The van der Waals surface area contributed by atoms with Crippen LogP contribution >= 0.6 is 0 Å². The van der Waals surface area contributed by atoms with E-state index in [0.717, 1.165) is 64.2 Å². The second-order valence-electron chi connectivity index (χ2n) is 7.57. The maximum atomic E-state index is 12.3. The van der Waals surface area contributed by atoms with E-state index in [1.54, 1.807) is 0 Å². The predicted octanol–water partition coefficient (Wildman–Crippen LogP) is 3.61. The highest BCUT2D eigenvalue weighted by molar-refractivity contribution is 5.74. The second-order valence-corrected chi connectivity index (χ2v) is 7.57. The normalized spacial score (nSPS) is 15.5. The monoisotopic (exact) mass is 361 g/mol. The minimum absolute atomic E-state index is 0.0876. The number of piperidine rings is 1. The van der Waals surface area contributed by atoms with Gasteiger partial charge in [-0.25, -0.2) is 4.79 Å². The molecule has 1 fully saturated rings. The molecule has 146 valence electrons. The maximum absolute atomic E-state index is 12.3. The SMILES string of the molecule is CC(C)N(C)CCCCNC(=O)N1CCC(COc2ccccc2)CC1. The Balaban J connectivity index is 1.55. The summed E-state index contributed by atoms with van der Waals surface area (Å²) in [6.07, 6.45) is 4.18. The van der Waals surface area contributed by atoms with Gasteiger partial charge in [0.1, 0.15) is 5.75 Å². The molecule has 1 aliphatic rings. The van der Waals surface area contributed by atoms with E-state index in [9.17, 15) is 4.79 Å². The summed E-state index contributed by atoms with van der Waals surface area (Å²) in [7, 11) is 2.15. The molecule has 2 rings (SSSR count). The summed E-state index contributed by atoms with van der Waals surface area (Å²) >= 11 is 0. The van der Waals surface area contributed by atoms with E-state index >= 15 is 0 Å². The molecule has 1 saturated heterocycles. The van der Waals surface area contributed by atoms with Crippen molar-refractivity contribution in [3.63, 3.8) is 0 Å². The van der Waals surface area contributed by atoms with Crippen LogP contribution in [0.4, 0.5) is 4.79 Å². The van der Waals surface area contributed by atoms with Crippen LogP contribution in [-0.4, -0.2) is 61.7 Å². The molecule has 0 spiro atoms. The first-order valence-corrected chi connectivity index (χ1v) is 9.97. The lowest BCUT2D eigenvalue weighted by atomic mass is 9.98. The van der Waals surface area contributed by atoms with Crippen molar-refractivity contribution in [2.45, 2.75) is 45.6 Å². The molecule has 1 aromatic carbocycles. The minimum atomic E-state index is 0.0876. The fourth-order valence-corrected chi connectivity index (χ4v) is 3.09. The van der Waals surface area contributed by atoms with Gasteiger partial charge in [0.2, 0.25) is 0 Å². The topological polar surface area (TPSA) is 44.8 Å². The highest BCUT2D eigenvalue weighted by atomic mass is 16.5. The maximum Gasteiger partial charge on any atom is 0.317 e. The first kappa shape index (κ1) is 20.6. The highest BCUT2D eigenvalue weighted by Crippen LogP contribution is 2.19. The first-order chi connectivity index (χ1) is 12.6. The largest absolute Gasteiger partial charge is 0.493 e. The Hall–Kier alpha value is -1.75. The van der Waals surface area contributed by atoms with Gasteiger partial charge in [-0.1, -0.05) is 18.2 Å². The lowest BCUT2D eigenvalue weighted by Gasteiger charge is -2.32. The molecule has 26 heavy (non-hydrogen) atoms. The van der Waals surface area contributed by atoms with Crippen molar-refractivity contribution in [1.29, 1.82) is 0 Å². The van der Waals surface area contributed by atoms with Crippen molar-refractivity contribution < 1.29 is 9.53 Å². The molecule has 1 N–H and O–H groups in total. The molecule has 0 radical (unpaired) electrons. The van der Waals surface area contributed by atoms with E-state index in [-0.39, 0.29) is 6.03 Å². The molecule has 5 heteroatoms. The fourth-order valence-electron chi connectivity index (χ4n) is 3.09. The number of nitrogens with one attached hydrogen (secondary N) is 1. The van der Waals surface area contributed by atoms with Crippen molar-refractivity contribution >= 4 is 6.03 Å². The van der Waals surface area contributed by atoms with Crippen LogP contribution in [0.15, 0.2) is 30.3 Å². The zero-order valence-corrected chi connectivity index (χ0v) is 16.6. The smallest absolute Gasteiger partial charge is 0.317 e. The molecule has 1 heterocycles. The average Bonchev–Trinajstić information content (AvgIpc) is 2.67. The third kappa shape index (κ3) is 7.24. The van der Waals surface area contributed by atoms with Crippen molar-refractivity contribution in [3.8, 4) is 5.75 Å². The molecule has 1 aromatic rings. The molecule has 0 bridgehead atoms. The van der Waals surface area contributed by atoms with Crippen LogP contribution in [0.3, 0.4) is 0 Å². The van der Waals surface area contributed by atoms with E-state index in [1.165, 1.54) is 0 Å². The number of nitrogens with zero attached hydrogens (tertiary/aromatic N) is 2. The van der Waals surface area contributed by atoms with Gasteiger partial charge in [0.05, 0.1) is 6.61 Å². The Kier molecular flexibility index (Phi) is 8.75. The number of likely N-dealkylation sites (tertiary alicyclic amines) is 1. The van der Waals surface area contributed by atoms with Crippen molar-refractivity contribution in [2.75, 3.05) is 39.8 Å². The molecule has 2 amide bonds. The zero-order chi connectivity index (χ0) is 18.8. The number of para-hydroxylation sites is 1. The Morgan fingerprint density at radius 2 is 1.92 bits per heavy atom. The number of hydrogen-bond donors (Lipinski definition) is 1. The molecule has 0 aliphatic carbocycles. The van der Waals surface area contributed by atoms with E-state index in [2.05, 4.69) is 31.1 Å². The van der Waals surface area contributed by atoms with E-state index in [0.29, 0.717) is 12.0 Å². The van der Waals surface area contributed by atoms with Crippen LogP contribution in [0.5, 0.6) is 5.75 Å². The summed E-state index contributed by atoms with van der Waals surface area (Å²) in [4.78, 5) is 16.5. The van der Waals surface area contributed by atoms with Gasteiger partial charge in [-0.3, -0.25) is 0 Å². The molecular weight excluding hydrogens is 326 g/mol. The van der Waals surface area contributed by atoms with Gasteiger partial charge in [-0.2, -0.15) is 0 Å². The molecule has 0 aromatic heterocycles. The minimum Gasteiger partial charge on any atom is -0.493 e. The van der Waals surface area contributed by atoms with Gasteiger partial charge in [0, 0.05) is 25.7 Å². The fraction of sp³-hybridized carbons (Fsp3) is 0.667.